The summed E-state index contributed by atoms with van der Waals surface area (Å²) in [7, 11) is 3.47. The molecule has 0 aliphatic carbocycles. The number of rotatable bonds is 6. The fraction of sp³-hybridized carbons (Fsp3) is 0.643. The predicted octanol–water partition coefficient (Wildman–Crippen LogP) is 1.99. The van der Waals surface area contributed by atoms with Gasteiger partial charge in [0.25, 0.3) is 0 Å². The third-order valence-corrected chi connectivity index (χ3v) is 7.84. The van der Waals surface area contributed by atoms with Crippen LogP contribution in [-0.4, -0.2) is 111 Å². The van der Waals surface area contributed by atoms with Crippen LogP contribution >= 0.6 is 0 Å². The van der Waals surface area contributed by atoms with Crippen molar-refractivity contribution in [1.82, 2.24) is 15.1 Å². The Morgan fingerprint density at radius 1 is 1.10 bits per heavy atom. The van der Waals surface area contributed by atoms with Crippen LogP contribution in [0.1, 0.15) is 40.0 Å². The van der Waals surface area contributed by atoms with Crippen LogP contribution in [0.25, 0.3) is 0 Å². The van der Waals surface area contributed by atoms with Crippen molar-refractivity contribution in [2.45, 2.75) is 63.9 Å². The van der Waals surface area contributed by atoms with Gasteiger partial charge in [-0.05, 0) is 45.7 Å². The number of benzene rings is 1. The number of hydrogen-bond acceptors (Lipinski definition) is 8. The summed E-state index contributed by atoms with van der Waals surface area (Å²) < 4.78 is 20.7. The van der Waals surface area contributed by atoms with Crippen LogP contribution in [0.15, 0.2) is 18.2 Å². The first-order valence-electron chi connectivity index (χ1n) is 13.9. The first-order valence-corrected chi connectivity index (χ1v) is 13.9. The zero-order chi connectivity index (χ0) is 29.2. The average Bonchev–Trinajstić information content (AvgIpc) is 2.91. The first kappa shape index (κ1) is 29.6. The molecule has 3 aliphatic rings. The number of carbonyl (C=O) groups is 4. The summed E-state index contributed by atoms with van der Waals surface area (Å²) >= 11 is 0. The van der Waals surface area contributed by atoms with Crippen LogP contribution < -0.4 is 20.0 Å². The standard InChI is InChI=1S/C28H41FN6O5/c1-28(2,3)40-27(39)35-12-11-20(19(29)17-35)33-13-15-34(16-14-33)22-8-6-7-21(25(22)31(4)18-36)32(5)23-9-10-24(37)30-26(23)38/h6-8,18-20,23H,9-17H2,1-5H3,(H,30,37,38). The number of piperazine rings is 1. The Morgan fingerprint density at radius 3 is 2.40 bits per heavy atom. The van der Waals surface area contributed by atoms with Crippen LogP contribution in [-0.2, 0) is 19.1 Å². The molecule has 0 bridgehead atoms. The molecule has 0 aromatic heterocycles. The number of piperidine rings is 2. The van der Waals surface area contributed by atoms with E-state index < -0.39 is 23.9 Å². The molecule has 4 rings (SSSR count). The lowest BCUT2D eigenvalue weighted by Gasteiger charge is -2.45. The molecule has 11 nitrogen and oxygen atoms in total. The molecule has 1 aromatic carbocycles. The molecule has 40 heavy (non-hydrogen) atoms. The van der Waals surface area contributed by atoms with Gasteiger partial charge in [0.05, 0.1) is 23.6 Å². The molecule has 0 radical (unpaired) electrons. The van der Waals surface area contributed by atoms with Gasteiger partial charge in [0, 0.05) is 59.3 Å². The number of likely N-dealkylation sites (N-methyl/N-ethyl adjacent to an activating group) is 1. The Bertz CT molecular complexity index is 1120. The molecular formula is C28H41FN6O5. The molecule has 0 saturated carbocycles. The minimum Gasteiger partial charge on any atom is -0.444 e. The third-order valence-electron chi connectivity index (χ3n) is 7.84. The van der Waals surface area contributed by atoms with E-state index in [9.17, 15) is 19.2 Å². The SMILES string of the molecule is CN(C=O)c1c(N2CCN(C3CCN(C(=O)OC(C)(C)C)CC3F)CC2)cccc1N(C)C1CCC(=O)NC1=O. The number of hydrogen-bond donors (Lipinski definition) is 1. The van der Waals surface area contributed by atoms with Gasteiger partial charge >= 0.3 is 6.09 Å². The largest absolute Gasteiger partial charge is 0.444 e. The number of para-hydroxylation sites is 1. The molecule has 3 aliphatic heterocycles. The number of ether oxygens (including phenoxy) is 1. The molecule has 3 unspecified atom stereocenters. The smallest absolute Gasteiger partial charge is 0.410 e. The number of halogens is 1. The molecule has 12 heteroatoms. The van der Waals surface area contributed by atoms with Gasteiger partial charge in [-0.1, -0.05) is 6.07 Å². The second-order valence-corrected chi connectivity index (χ2v) is 11.8. The molecule has 3 saturated heterocycles. The maximum Gasteiger partial charge on any atom is 0.410 e. The quantitative estimate of drug-likeness (QED) is 0.416. The number of alkyl halides is 1. The Labute approximate surface area is 235 Å². The number of amides is 4. The van der Waals surface area contributed by atoms with Crippen molar-refractivity contribution in [1.29, 1.82) is 0 Å². The minimum atomic E-state index is -1.17. The van der Waals surface area contributed by atoms with E-state index in [1.807, 2.05) is 23.1 Å². The Hall–Kier alpha value is -3.41. The van der Waals surface area contributed by atoms with E-state index in [4.69, 9.17) is 4.74 Å². The topological polar surface area (TPSA) is 106 Å². The first-order chi connectivity index (χ1) is 18.9. The molecule has 1 N–H and O–H groups in total. The van der Waals surface area contributed by atoms with Crippen LogP contribution in [0.5, 0.6) is 0 Å². The summed E-state index contributed by atoms with van der Waals surface area (Å²) in [5.41, 5.74) is 1.61. The molecular weight excluding hydrogens is 519 g/mol. The van der Waals surface area contributed by atoms with E-state index in [2.05, 4.69) is 15.1 Å². The van der Waals surface area contributed by atoms with Crippen molar-refractivity contribution >= 4 is 41.4 Å². The van der Waals surface area contributed by atoms with E-state index in [0.29, 0.717) is 56.9 Å². The average molecular weight is 561 g/mol. The Kier molecular flexibility index (Phi) is 8.86. The molecule has 3 fully saturated rings. The highest BCUT2D eigenvalue weighted by Crippen LogP contribution is 2.39. The van der Waals surface area contributed by atoms with Crippen LogP contribution in [0.3, 0.4) is 0 Å². The van der Waals surface area contributed by atoms with Gasteiger partial charge in [0.2, 0.25) is 18.2 Å². The summed E-state index contributed by atoms with van der Waals surface area (Å²) in [6.45, 7) is 8.38. The van der Waals surface area contributed by atoms with E-state index in [-0.39, 0.29) is 30.8 Å². The maximum absolute atomic E-state index is 15.3. The monoisotopic (exact) mass is 560 g/mol. The highest BCUT2D eigenvalue weighted by Gasteiger charge is 2.38. The molecule has 3 atom stereocenters. The van der Waals surface area contributed by atoms with Crippen molar-refractivity contribution in [2.24, 2.45) is 0 Å². The second kappa shape index (κ2) is 12.0. The number of likely N-dealkylation sites (tertiary alicyclic amines) is 1. The zero-order valence-corrected chi connectivity index (χ0v) is 24.1. The number of imide groups is 1. The fourth-order valence-electron chi connectivity index (χ4n) is 5.78. The summed E-state index contributed by atoms with van der Waals surface area (Å²) in [5.74, 6) is -0.631. The molecule has 220 valence electrons. The van der Waals surface area contributed by atoms with Crippen molar-refractivity contribution < 1.29 is 28.3 Å². The van der Waals surface area contributed by atoms with Gasteiger partial charge in [-0.2, -0.15) is 0 Å². The normalized spacial score (nSPS) is 24.4. The van der Waals surface area contributed by atoms with E-state index in [1.54, 1.807) is 34.9 Å². The van der Waals surface area contributed by atoms with Crippen molar-refractivity contribution in [2.75, 3.05) is 68.1 Å². The van der Waals surface area contributed by atoms with Gasteiger partial charge in [0.15, 0.2) is 0 Å². The highest BCUT2D eigenvalue weighted by atomic mass is 19.1. The lowest BCUT2D eigenvalue weighted by Crippen LogP contribution is -2.58. The van der Waals surface area contributed by atoms with E-state index in [1.165, 1.54) is 9.80 Å². The summed E-state index contributed by atoms with van der Waals surface area (Å²) in [6, 6.07) is 4.90. The van der Waals surface area contributed by atoms with Gasteiger partial charge in [0.1, 0.15) is 17.8 Å². The second-order valence-electron chi connectivity index (χ2n) is 11.8. The van der Waals surface area contributed by atoms with Gasteiger partial charge in [-0.3, -0.25) is 24.6 Å². The fourth-order valence-corrected chi connectivity index (χ4v) is 5.78. The molecule has 4 amide bonds. The lowest BCUT2D eigenvalue weighted by molar-refractivity contribution is -0.134. The summed E-state index contributed by atoms with van der Waals surface area (Å²) in [4.78, 5) is 57.6. The predicted molar refractivity (Wildman–Crippen MR) is 150 cm³/mol. The van der Waals surface area contributed by atoms with Gasteiger partial charge in [-0.15, -0.1) is 0 Å². The Balaban J connectivity index is 1.44. The molecule has 1 aromatic rings. The van der Waals surface area contributed by atoms with Crippen LogP contribution in [0, 0.1) is 0 Å². The lowest BCUT2D eigenvalue weighted by atomic mass is 10.00. The third kappa shape index (κ3) is 6.48. The van der Waals surface area contributed by atoms with Gasteiger partial charge < -0.3 is 24.3 Å². The number of nitrogens with zero attached hydrogens (tertiary/aromatic N) is 5. The summed E-state index contributed by atoms with van der Waals surface area (Å²) in [5, 5.41) is 2.40. The summed E-state index contributed by atoms with van der Waals surface area (Å²) in [6.07, 6.45) is 0.274. The molecule has 3 heterocycles. The van der Waals surface area contributed by atoms with E-state index in [0.717, 1.165) is 12.1 Å². The number of carbonyl (C=O) groups excluding carboxylic acids is 4. The van der Waals surface area contributed by atoms with E-state index >= 15 is 4.39 Å². The molecule has 0 spiro atoms. The van der Waals surface area contributed by atoms with Gasteiger partial charge in [-0.25, -0.2) is 9.18 Å². The van der Waals surface area contributed by atoms with Crippen LogP contribution in [0.2, 0.25) is 0 Å². The van der Waals surface area contributed by atoms with Crippen molar-refractivity contribution in [3.05, 3.63) is 18.2 Å². The highest BCUT2D eigenvalue weighted by molar-refractivity contribution is 6.03. The number of anilines is 3. The van der Waals surface area contributed by atoms with Crippen molar-refractivity contribution in [3.63, 3.8) is 0 Å². The zero-order valence-electron chi connectivity index (χ0n) is 24.1. The minimum absolute atomic E-state index is 0.0167. The van der Waals surface area contributed by atoms with Crippen molar-refractivity contribution in [3.8, 4) is 0 Å². The number of nitrogens with one attached hydrogen (secondary N) is 1. The maximum atomic E-state index is 15.3. The van der Waals surface area contributed by atoms with Crippen LogP contribution in [0.4, 0.5) is 26.2 Å². The Morgan fingerprint density at radius 2 is 1.80 bits per heavy atom.